The molecule has 0 saturated heterocycles. The van der Waals surface area contributed by atoms with E-state index < -0.39 is 11.3 Å². The standard InChI is InChI=1S/C6H11ClO2.C6H14O/c1-3-4(2)5(7)6(8)9;1-3-6(2)4-5-7/h4-5H,3H2,1-2H3,(H,8,9);6-7H,3-5H2,1-2H3/t4-,5-;6-/m00/s1. The van der Waals surface area contributed by atoms with Crippen molar-refractivity contribution >= 4 is 17.6 Å². The van der Waals surface area contributed by atoms with Gasteiger partial charge in [-0.2, -0.15) is 0 Å². The number of aliphatic hydroxyl groups is 1. The molecule has 0 unspecified atom stereocenters. The van der Waals surface area contributed by atoms with Crippen LogP contribution >= 0.6 is 11.6 Å². The van der Waals surface area contributed by atoms with Crippen LogP contribution in [0.25, 0.3) is 0 Å². The first-order chi connectivity index (χ1) is 7.40. The average molecular weight is 253 g/mol. The van der Waals surface area contributed by atoms with E-state index in [2.05, 4.69) is 13.8 Å². The van der Waals surface area contributed by atoms with Crippen LogP contribution in [0.1, 0.15) is 47.0 Å². The highest BCUT2D eigenvalue weighted by Crippen LogP contribution is 2.13. The van der Waals surface area contributed by atoms with Crippen molar-refractivity contribution in [2.45, 2.75) is 52.3 Å². The second kappa shape index (κ2) is 11.2. The maximum absolute atomic E-state index is 10.2. The third kappa shape index (κ3) is 10.2. The van der Waals surface area contributed by atoms with E-state index in [0.717, 1.165) is 12.8 Å². The van der Waals surface area contributed by atoms with Gasteiger partial charge in [-0.05, 0) is 18.3 Å². The quantitative estimate of drug-likeness (QED) is 0.714. The molecular weight excluding hydrogens is 228 g/mol. The first-order valence-electron chi connectivity index (χ1n) is 5.88. The van der Waals surface area contributed by atoms with Crippen LogP contribution in [0.2, 0.25) is 0 Å². The Bertz CT molecular complexity index is 174. The van der Waals surface area contributed by atoms with Crippen molar-refractivity contribution in [1.82, 2.24) is 0 Å². The minimum absolute atomic E-state index is 0.0594. The van der Waals surface area contributed by atoms with Gasteiger partial charge in [0.2, 0.25) is 0 Å². The first kappa shape index (κ1) is 18.1. The van der Waals surface area contributed by atoms with Gasteiger partial charge in [0.15, 0.2) is 0 Å². The molecule has 16 heavy (non-hydrogen) atoms. The molecular formula is C12H25ClO3. The van der Waals surface area contributed by atoms with Gasteiger partial charge in [-0.15, -0.1) is 11.6 Å². The number of aliphatic carboxylic acids is 1. The minimum Gasteiger partial charge on any atom is -0.480 e. The van der Waals surface area contributed by atoms with Crippen molar-refractivity contribution in [1.29, 1.82) is 0 Å². The van der Waals surface area contributed by atoms with Gasteiger partial charge in [-0.1, -0.05) is 40.5 Å². The average Bonchev–Trinajstić information content (AvgIpc) is 2.27. The number of aliphatic hydroxyl groups excluding tert-OH is 1. The molecule has 3 atom stereocenters. The maximum Gasteiger partial charge on any atom is 0.321 e. The van der Waals surface area contributed by atoms with Crippen molar-refractivity contribution < 1.29 is 15.0 Å². The number of rotatable bonds is 6. The summed E-state index contributed by atoms with van der Waals surface area (Å²) in [6, 6.07) is 0. The predicted octanol–water partition coefficient (Wildman–Crippen LogP) is 3.14. The van der Waals surface area contributed by atoms with Crippen molar-refractivity contribution in [3.05, 3.63) is 0 Å². The molecule has 0 radical (unpaired) electrons. The largest absolute Gasteiger partial charge is 0.480 e. The highest BCUT2D eigenvalue weighted by molar-refractivity contribution is 6.29. The molecule has 0 heterocycles. The van der Waals surface area contributed by atoms with E-state index in [0.29, 0.717) is 12.5 Å². The van der Waals surface area contributed by atoms with Crippen LogP contribution < -0.4 is 0 Å². The SMILES string of the molecule is CC[C@H](C)CCO.CC[C@H](C)[C@H](Cl)C(=O)O. The molecule has 0 aliphatic heterocycles. The molecule has 0 aromatic heterocycles. The molecule has 98 valence electrons. The molecule has 0 aromatic carbocycles. The fourth-order valence-corrected chi connectivity index (χ4v) is 1.05. The molecule has 0 spiro atoms. The number of carboxylic acid groups (broad SMARTS) is 1. The minimum atomic E-state index is -0.925. The Morgan fingerprint density at radius 3 is 1.88 bits per heavy atom. The van der Waals surface area contributed by atoms with Gasteiger partial charge in [0.05, 0.1) is 0 Å². The van der Waals surface area contributed by atoms with E-state index in [-0.39, 0.29) is 5.92 Å². The number of carboxylic acids is 1. The first-order valence-corrected chi connectivity index (χ1v) is 6.31. The molecule has 4 heteroatoms. The van der Waals surface area contributed by atoms with Crippen molar-refractivity contribution in [2.24, 2.45) is 11.8 Å². The van der Waals surface area contributed by atoms with Gasteiger partial charge in [0, 0.05) is 6.61 Å². The number of halogens is 1. The van der Waals surface area contributed by atoms with Gasteiger partial charge in [0.1, 0.15) is 5.38 Å². The zero-order valence-electron chi connectivity index (χ0n) is 10.7. The third-order valence-corrected chi connectivity index (χ3v) is 3.32. The van der Waals surface area contributed by atoms with Gasteiger partial charge >= 0.3 is 5.97 Å². The third-order valence-electron chi connectivity index (χ3n) is 2.70. The Labute approximate surface area is 104 Å². The summed E-state index contributed by atoms with van der Waals surface area (Å²) >= 11 is 5.47. The number of hydrogen-bond acceptors (Lipinski definition) is 2. The summed E-state index contributed by atoms with van der Waals surface area (Å²) in [5.74, 6) is -0.166. The Kier molecular flexibility index (Phi) is 12.7. The molecule has 0 fully saturated rings. The van der Waals surface area contributed by atoms with Crippen LogP contribution in [0.15, 0.2) is 0 Å². The summed E-state index contributed by atoms with van der Waals surface area (Å²) in [7, 11) is 0. The van der Waals surface area contributed by atoms with E-state index in [1.807, 2.05) is 13.8 Å². The highest BCUT2D eigenvalue weighted by Gasteiger charge is 2.19. The lowest BCUT2D eigenvalue weighted by Gasteiger charge is -2.09. The lowest BCUT2D eigenvalue weighted by Crippen LogP contribution is -2.20. The van der Waals surface area contributed by atoms with Crippen molar-refractivity contribution in [2.75, 3.05) is 6.61 Å². The lowest BCUT2D eigenvalue weighted by molar-refractivity contribution is -0.137. The fraction of sp³-hybridized carbons (Fsp3) is 0.917. The second-order valence-corrected chi connectivity index (χ2v) is 4.62. The molecule has 2 N–H and O–H groups in total. The van der Waals surface area contributed by atoms with Gasteiger partial charge in [0.25, 0.3) is 0 Å². The Morgan fingerprint density at radius 1 is 1.25 bits per heavy atom. The fourth-order valence-electron chi connectivity index (χ4n) is 0.875. The second-order valence-electron chi connectivity index (χ2n) is 4.15. The van der Waals surface area contributed by atoms with E-state index in [1.54, 1.807) is 0 Å². The summed E-state index contributed by atoms with van der Waals surface area (Å²) in [5.41, 5.74) is 0. The molecule has 0 rings (SSSR count). The predicted molar refractivity (Wildman–Crippen MR) is 67.9 cm³/mol. The van der Waals surface area contributed by atoms with Crippen LogP contribution in [0.5, 0.6) is 0 Å². The molecule has 0 aliphatic rings. The van der Waals surface area contributed by atoms with Crippen LogP contribution in [0, 0.1) is 11.8 Å². The van der Waals surface area contributed by atoms with Crippen LogP contribution in [-0.4, -0.2) is 28.2 Å². The van der Waals surface area contributed by atoms with Gasteiger partial charge < -0.3 is 10.2 Å². The zero-order chi connectivity index (χ0) is 13.1. The van der Waals surface area contributed by atoms with Crippen LogP contribution in [-0.2, 0) is 4.79 Å². The zero-order valence-corrected chi connectivity index (χ0v) is 11.5. The number of alkyl halides is 1. The maximum atomic E-state index is 10.2. The molecule has 0 aliphatic carbocycles. The molecule has 0 amide bonds. The topological polar surface area (TPSA) is 57.5 Å². The van der Waals surface area contributed by atoms with Crippen LogP contribution in [0.4, 0.5) is 0 Å². The molecule has 3 nitrogen and oxygen atoms in total. The summed E-state index contributed by atoms with van der Waals surface area (Å²) in [5, 5.41) is 16.0. The number of carbonyl (C=O) groups is 1. The summed E-state index contributed by atoms with van der Waals surface area (Å²) in [6.07, 6.45) is 2.94. The van der Waals surface area contributed by atoms with E-state index >= 15 is 0 Å². The Balaban J connectivity index is 0. The van der Waals surface area contributed by atoms with E-state index in [1.165, 1.54) is 6.42 Å². The Morgan fingerprint density at radius 2 is 1.75 bits per heavy atom. The smallest absolute Gasteiger partial charge is 0.321 e. The monoisotopic (exact) mass is 252 g/mol. The highest BCUT2D eigenvalue weighted by atomic mass is 35.5. The summed E-state index contributed by atoms with van der Waals surface area (Å²) in [6.45, 7) is 8.38. The normalized spacial score (nSPS) is 15.6. The Hall–Kier alpha value is -0.280. The van der Waals surface area contributed by atoms with E-state index in [4.69, 9.17) is 21.8 Å². The van der Waals surface area contributed by atoms with Gasteiger partial charge in [-0.3, -0.25) is 4.79 Å². The van der Waals surface area contributed by atoms with Crippen molar-refractivity contribution in [3.63, 3.8) is 0 Å². The van der Waals surface area contributed by atoms with E-state index in [9.17, 15) is 4.79 Å². The lowest BCUT2D eigenvalue weighted by atomic mass is 10.1. The molecule has 0 bridgehead atoms. The van der Waals surface area contributed by atoms with Gasteiger partial charge in [-0.25, -0.2) is 0 Å². The molecule has 0 saturated carbocycles. The van der Waals surface area contributed by atoms with Crippen LogP contribution in [0.3, 0.4) is 0 Å². The van der Waals surface area contributed by atoms with Crippen molar-refractivity contribution in [3.8, 4) is 0 Å². The summed E-state index contributed by atoms with van der Waals surface area (Å²) < 4.78 is 0. The number of hydrogen-bond donors (Lipinski definition) is 2. The molecule has 0 aromatic rings. The summed E-state index contributed by atoms with van der Waals surface area (Å²) in [4.78, 5) is 10.2.